The van der Waals surface area contributed by atoms with Gasteiger partial charge in [-0.15, -0.1) is 0 Å². The van der Waals surface area contributed by atoms with Gasteiger partial charge in [0.1, 0.15) is 5.65 Å². The Morgan fingerprint density at radius 3 is 3.00 bits per heavy atom. The lowest BCUT2D eigenvalue weighted by atomic mass is 10.2. The van der Waals surface area contributed by atoms with E-state index in [1.54, 1.807) is 0 Å². The van der Waals surface area contributed by atoms with Crippen molar-refractivity contribution in [1.82, 2.24) is 19.6 Å². The smallest absolute Gasteiger partial charge is 0.141 e. The maximum atomic E-state index is 4.60. The molecular weight excluding hydrogens is 212 g/mol. The Morgan fingerprint density at radius 2 is 2.18 bits per heavy atom. The average molecular weight is 230 g/mol. The van der Waals surface area contributed by atoms with Gasteiger partial charge in [-0.2, -0.15) is 0 Å². The molecule has 0 bridgehead atoms. The van der Waals surface area contributed by atoms with E-state index in [1.807, 2.05) is 6.92 Å². The summed E-state index contributed by atoms with van der Waals surface area (Å²) in [6.07, 6.45) is 4.15. The van der Waals surface area contributed by atoms with Crippen LogP contribution in [0.2, 0.25) is 0 Å². The summed E-state index contributed by atoms with van der Waals surface area (Å²) in [6, 6.07) is 4.29. The number of imidazole rings is 1. The van der Waals surface area contributed by atoms with Crippen molar-refractivity contribution in [3.05, 3.63) is 35.8 Å². The molecule has 90 valence electrons. The first-order chi connectivity index (χ1) is 8.33. The van der Waals surface area contributed by atoms with Crippen molar-refractivity contribution in [2.75, 3.05) is 26.2 Å². The molecule has 0 spiro atoms. The third-order valence-electron chi connectivity index (χ3n) is 3.29. The fourth-order valence-corrected chi connectivity index (χ4v) is 2.43. The van der Waals surface area contributed by atoms with Gasteiger partial charge in [-0.1, -0.05) is 6.07 Å². The molecule has 0 saturated carbocycles. The van der Waals surface area contributed by atoms with E-state index in [0.717, 1.165) is 44.1 Å². The van der Waals surface area contributed by atoms with Crippen LogP contribution in [0.15, 0.2) is 24.5 Å². The largest absolute Gasteiger partial charge is 0.314 e. The second kappa shape index (κ2) is 4.47. The summed E-state index contributed by atoms with van der Waals surface area (Å²) in [7, 11) is 0. The van der Waals surface area contributed by atoms with E-state index >= 15 is 0 Å². The number of hydrogen-bond acceptors (Lipinski definition) is 3. The van der Waals surface area contributed by atoms with E-state index in [4.69, 9.17) is 0 Å². The Balaban J connectivity index is 1.88. The molecule has 0 radical (unpaired) electrons. The van der Waals surface area contributed by atoms with Gasteiger partial charge in [-0.05, 0) is 13.0 Å². The summed E-state index contributed by atoms with van der Waals surface area (Å²) >= 11 is 0. The van der Waals surface area contributed by atoms with Crippen LogP contribution >= 0.6 is 0 Å². The molecule has 17 heavy (non-hydrogen) atoms. The number of piperazine rings is 1. The predicted octanol–water partition coefficient (Wildman–Crippen LogP) is 1.05. The molecule has 4 heteroatoms. The van der Waals surface area contributed by atoms with Crippen molar-refractivity contribution < 1.29 is 0 Å². The molecule has 0 aromatic carbocycles. The fourth-order valence-electron chi connectivity index (χ4n) is 2.43. The topological polar surface area (TPSA) is 32.6 Å². The van der Waals surface area contributed by atoms with Crippen LogP contribution in [0.1, 0.15) is 11.3 Å². The maximum Gasteiger partial charge on any atom is 0.141 e. The monoisotopic (exact) mass is 230 g/mol. The van der Waals surface area contributed by atoms with Crippen molar-refractivity contribution in [2.45, 2.75) is 13.5 Å². The lowest BCUT2D eigenvalue weighted by molar-refractivity contribution is 0.233. The number of aromatic nitrogens is 2. The van der Waals surface area contributed by atoms with Gasteiger partial charge in [0.25, 0.3) is 0 Å². The molecule has 1 saturated heterocycles. The number of hydrogen-bond donors (Lipinski definition) is 1. The van der Waals surface area contributed by atoms with E-state index in [2.05, 4.69) is 44.1 Å². The zero-order valence-electron chi connectivity index (χ0n) is 10.2. The van der Waals surface area contributed by atoms with Crippen LogP contribution < -0.4 is 5.32 Å². The van der Waals surface area contributed by atoms with E-state index in [1.165, 1.54) is 5.56 Å². The van der Waals surface area contributed by atoms with Crippen molar-refractivity contribution >= 4 is 5.65 Å². The van der Waals surface area contributed by atoms with Crippen LogP contribution in [0.4, 0.5) is 0 Å². The predicted molar refractivity (Wildman–Crippen MR) is 68.1 cm³/mol. The summed E-state index contributed by atoms with van der Waals surface area (Å²) in [6.45, 7) is 7.48. The standard InChI is InChI=1S/C13H18N4/c1-11-9-17-6-2-3-12(13(17)15-11)10-16-7-4-14-5-8-16/h2-3,6,9,14H,4-5,7-8,10H2,1H3. The minimum absolute atomic E-state index is 1.00. The van der Waals surface area contributed by atoms with E-state index in [9.17, 15) is 0 Å². The first-order valence-electron chi connectivity index (χ1n) is 6.19. The average Bonchev–Trinajstić information content (AvgIpc) is 2.72. The van der Waals surface area contributed by atoms with Gasteiger partial charge in [0.15, 0.2) is 0 Å². The third-order valence-corrected chi connectivity index (χ3v) is 3.29. The molecule has 3 rings (SSSR count). The molecule has 1 aliphatic heterocycles. The van der Waals surface area contributed by atoms with Gasteiger partial charge < -0.3 is 9.72 Å². The Labute approximate surface area is 101 Å². The summed E-state index contributed by atoms with van der Waals surface area (Å²) in [5.41, 5.74) is 3.50. The molecule has 0 amide bonds. The molecule has 0 atom stereocenters. The van der Waals surface area contributed by atoms with E-state index < -0.39 is 0 Å². The molecule has 2 aromatic heterocycles. The zero-order chi connectivity index (χ0) is 11.7. The number of aryl methyl sites for hydroxylation is 1. The Hall–Kier alpha value is -1.39. The van der Waals surface area contributed by atoms with Gasteiger partial charge in [-0.3, -0.25) is 4.90 Å². The van der Waals surface area contributed by atoms with Gasteiger partial charge >= 0.3 is 0 Å². The Bertz CT molecular complexity index is 511. The van der Waals surface area contributed by atoms with Gasteiger partial charge in [0.05, 0.1) is 5.69 Å². The summed E-state index contributed by atoms with van der Waals surface area (Å²) in [5.74, 6) is 0. The Kier molecular flexibility index (Phi) is 2.82. The normalized spacial score (nSPS) is 17.7. The van der Waals surface area contributed by atoms with E-state index in [0.29, 0.717) is 0 Å². The van der Waals surface area contributed by atoms with Gasteiger partial charge in [0, 0.05) is 50.7 Å². The van der Waals surface area contributed by atoms with Crippen LogP contribution in [0.3, 0.4) is 0 Å². The van der Waals surface area contributed by atoms with Crippen LogP contribution in [0.5, 0.6) is 0 Å². The minimum atomic E-state index is 1.00. The molecular formula is C13H18N4. The SMILES string of the molecule is Cc1cn2cccc(CN3CCNCC3)c2n1. The van der Waals surface area contributed by atoms with Gasteiger partial charge in [-0.25, -0.2) is 4.98 Å². The molecule has 0 unspecified atom stereocenters. The molecule has 2 aromatic rings. The highest BCUT2D eigenvalue weighted by molar-refractivity contribution is 5.48. The van der Waals surface area contributed by atoms with Crippen LogP contribution in [0.25, 0.3) is 5.65 Å². The number of nitrogens with zero attached hydrogens (tertiary/aromatic N) is 3. The summed E-state index contributed by atoms with van der Waals surface area (Å²) in [4.78, 5) is 7.08. The highest BCUT2D eigenvalue weighted by atomic mass is 15.2. The number of pyridine rings is 1. The minimum Gasteiger partial charge on any atom is -0.314 e. The molecule has 3 heterocycles. The fraction of sp³-hybridized carbons (Fsp3) is 0.462. The highest BCUT2D eigenvalue weighted by Gasteiger charge is 2.12. The maximum absolute atomic E-state index is 4.60. The molecule has 1 aliphatic rings. The second-order valence-electron chi connectivity index (χ2n) is 4.67. The van der Waals surface area contributed by atoms with E-state index in [-0.39, 0.29) is 0 Å². The lowest BCUT2D eigenvalue weighted by Gasteiger charge is -2.27. The summed E-state index contributed by atoms with van der Waals surface area (Å²) < 4.78 is 2.12. The first-order valence-corrected chi connectivity index (χ1v) is 6.19. The third kappa shape index (κ3) is 2.18. The van der Waals surface area contributed by atoms with Crippen molar-refractivity contribution in [2.24, 2.45) is 0 Å². The second-order valence-corrected chi connectivity index (χ2v) is 4.67. The number of fused-ring (bicyclic) bond motifs is 1. The quantitative estimate of drug-likeness (QED) is 0.837. The van der Waals surface area contributed by atoms with Crippen LogP contribution in [0, 0.1) is 6.92 Å². The summed E-state index contributed by atoms with van der Waals surface area (Å²) in [5, 5.41) is 3.38. The highest BCUT2D eigenvalue weighted by Crippen LogP contribution is 2.13. The van der Waals surface area contributed by atoms with Gasteiger partial charge in [0.2, 0.25) is 0 Å². The molecule has 1 N–H and O–H groups in total. The lowest BCUT2D eigenvalue weighted by Crippen LogP contribution is -2.42. The van der Waals surface area contributed by atoms with Crippen molar-refractivity contribution in [3.63, 3.8) is 0 Å². The Morgan fingerprint density at radius 1 is 1.35 bits per heavy atom. The zero-order valence-corrected chi connectivity index (χ0v) is 10.2. The first kappa shape index (κ1) is 10.7. The molecule has 1 fully saturated rings. The van der Waals surface area contributed by atoms with Crippen LogP contribution in [-0.2, 0) is 6.54 Å². The van der Waals surface area contributed by atoms with Crippen molar-refractivity contribution in [1.29, 1.82) is 0 Å². The number of rotatable bonds is 2. The van der Waals surface area contributed by atoms with Crippen LogP contribution in [-0.4, -0.2) is 40.5 Å². The van der Waals surface area contributed by atoms with Crippen molar-refractivity contribution in [3.8, 4) is 0 Å². The number of nitrogens with one attached hydrogen (secondary N) is 1. The molecule has 4 nitrogen and oxygen atoms in total. The molecule has 0 aliphatic carbocycles.